The van der Waals surface area contributed by atoms with Gasteiger partial charge in [0.2, 0.25) is 0 Å². The fraction of sp³-hybridized carbons (Fsp3) is 1.00. The Morgan fingerprint density at radius 1 is 1.22 bits per heavy atom. The first kappa shape index (κ1) is 15.9. The van der Waals surface area contributed by atoms with Crippen LogP contribution >= 0.6 is 0 Å². The number of hydrogen-bond acceptors (Lipinski definition) is 2. The predicted molar refractivity (Wildman–Crippen MR) is 79.8 cm³/mol. The van der Waals surface area contributed by atoms with Crippen LogP contribution in [0.4, 0.5) is 0 Å². The molecular formula is C15H34N3+. The average Bonchev–Trinajstić information content (AvgIpc) is 2.27. The minimum atomic E-state index is 0.529. The maximum absolute atomic E-state index is 3.31. The lowest BCUT2D eigenvalue weighted by molar-refractivity contribution is -0.908. The normalized spacial score (nSPS) is 22.5. The summed E-state index contributed by atoms with van der Waals surface area (Å²) in [4.78, 5) is 2.61. The molecule has 108 valence electrons. The van der Waals surface area contributed by atoms with Gasteiger partial charge in [-0.05, 0) is 20.4 Å². The second-order valence-corrected chi connectivity index (χ2v) is 6.79. The van der Waals surface area contributed by atoms with E-state index in [-0.39, 0.29) is 0 Å². The van der Waals surface area contributed by atoms with Crippen molar-refractivity contribution < 1.29 is 4.48 Å². The molecule has 0 saturated carbocycles. The predicted octanol–water partition coefficient (Wildman–Crippen LogP) is 1.79. The first-order valence-electron chi connectivity index (χ1n) is 7.67. The van der Waals surface area contributed by atoms with Gasteiger partial charge in [-0.15, -0.1) is 0 Å². The minimum absolute atomic E-state index is 0.529. The number of likely N-dealkylation sites (tertiary alicyclic amines) is 1. The van der Waals surface area contributed by atoms with Crippen LogP contribution in [-0.2, 0) is 0 Å². The van der Waals surface area contributed by atoms with Crippen molar-refractivity contribution in [1.82, 2.24) is 10.2 Å². The number of rotatable bonds is 9. The Kier molecular flexibility index (Phi) is 6.09. The monoisotopic (exact) mass is 256 g/mol. The van der Waals surface area contributed by atoms with Gasteiger partial charge in [-0.25, -0.2) is 0 Å². The Morgan fingerprint density at radius 2 is 1.89 bits per heavy atom. The highest BCUT2D eigenvalue weighted by molar-refractivity contribution is 4.92. The second kappa shape index (κ2) is 6.88. The van der Waals surface area contributed by atoms with Gasteiger partial charge in [0.1, 0.15) is 0 Å². The standard InChI is InChI=1S/C15H34N3/c1-6-10-18(5,7-2)11-8-9-17-13-15(3,14-17)12-16-4/h16H,6-14H2,1-5H3/q+1. The van der Waals surface area contributed by atoms with E-state index in [0.717, 1.165) is 6.54 Å². The summed E-state index contributed by atoms with van der Waals surface area (Å²) in [5, 5.41) is 3.31. The van der Waals surface area contributed by atoms with Crippen LogP contribution in [0.5, 0.6) is 0 Å². The highest BCUT2D eigenvalue weighted by Crippen LogP contribution is 2.28. The molecule has 0 aromatic heterocycles. The summed E-state index contributed by atoms with van der Waals surface area (Å²) >= 11 is 0. The number of nitrogens with zero attached hydrogens (tertiary/aromatic N) is 2. The first-order chi connectivity index (χ1) is 8.47. The van der Waals surface area contributed by atoms with Gasteiger partial charge in [0.25, 0.3) is 0 Å². The van der Waals surface area contributed by atoms with E-state index in [1.54, 1.807) is 0 Å². The molecule has 0 spiro atoms. The molecule has 1 heterocycles. The van der Waals surface area contributed by atoms with Crippen molar-refractivity contribution in [3.63, 3.8) is 0 Å². The Balaban J connectivity index is 2.16. The van der Waals surface area contributed by atoms with Crippen molar-refractivity contribution in [2.75, 3.05) is 59.9 Å². The molecule has 0 aromatic rings. The zero-order chi connectivity index (χ0) is 13.6. The van der Waals surface area contributed by atoms with Crippen LogP contribution in [0.25, 0.3) is 0 Å². The van der Waals surface area contributed by atoms with Crippen LogP contribution in [0, 0.1) is 5.41 Å². The fourth-order valence-electron chi connectivity index (χ4n) is 3.37. The first-order valence-corrected chi connectivity index (χ1v) is 7.67. The molecule has 1 unspecified atom stereocenters. The second-order valence-electron chi connectivity index (χ2n) is 6.79. The lowest BCUT2D eigenvalue weighted by atomic mass is 9.82. The van der Waals surface area contributed by atoms with Crippen LogP contribution < -0.4 is 5.32 Å². The third-order valence-electron chi connectivity index (χ3n) is 4.51. The molecule has 1 N–H and O–H groups in total. The number of quaternary nitrogens is 1. The summed E-state index contributed by atoms with van der Waals surface area (Å²) in [6.07, 6.45) is 2.65. The summed E-state index contributed by atoms with van der Waals surface area (Å²) in [5.74, 6) is 0. The fourth-order valence-corrected chi connectivity index (χ4v) is 3.37. The molecule has 3 nitrogen and oxygen atoms in total. The highest BCUT2D eigenvalue weighted by atomic mass is 15.3. The molecule has 1 rings (SSSR count). The molecule has 1 aliphatic heterocycles. The third kappa shape index (κ3) is 4.52. The van der Waals surface area contributed by atoms with E-state index in [9.17, 15) is 0 Å². The molecule has 0 aliphatic carbocycles. The van der Waals surface area contributed by atoms with Crippen LogP contribution in [0.1, 0.15) is 33.6 Å². The summed E-state index contributed by atoms with van der Waals surface area (Å²) in [5.41, 5.74) is 0.529. The number of hydrogen-bond donors (Lipinski definition) is 1. The molecule has 0 bridgehead atoms. The summed E-state index contributed by atoms with van der Waals surface area (Å²) in [6.45, 7) is 15.9. The highest BCUT2D eigenvalue weighted by Gasteiger charge is 2.37. The summed E-state index contributed by atoms with van der Waals surface area (Å²) in [6, 6.07) is 0. The third-order valence-corrected chi connectivity index (χ3v) is 4.51. The Hall–Kier alpha value is -0.120. The van der Waals surface area contributed by atoms with Gasteiger partial charge in [0.15, 0.2) is 0 Å². The van der Waals surface area contributed by atoms with Crippen molar-refractivity contribution in [1.29, 1.82) is 0 Å². The minimum Gasteiger partial charge on any atom is -0.326 e. The SMILES string of the molecule is CCC[N+](C)(CC)CCCN1CC(C)(CNC)C1. The molecule has 1 atom stereocenters. The van der Waals surface area contributed by atoms with E-state index in [1.807, 2.05) is 0 Å². The Bertz CT molecular complexity index is 236. The van der Waals surface area contributed by atoms with Gasteiger partial charge < -0.3 is 14.7 Å². The average molecular weight is 256 g/mol. The van der Waals surface area contributed by atoms with Crippen molar-refractivity contribution in [3.8, 4) is 0 Å². The molecular weight excluding hydrogens is 222 g/mol. The maximum atomic E-state index is 3.31. The van der Waals surface area contributed by atoms with Crippen molar-refractivity contribution >= 4 is 0 Å². The van der Waals surface area contributed by atoms with Gasteiger partial charge in [0, 0.05) is 38.0 Å². The molecule has 1 aliphatic rings. The molecule has 18 heavy (non-hydrogen) atoms. The van der Waals surface area contributed by atoms with Gasteiger partial charge in [-0.3, -0.25) is 0 Å². The smallest absolute Gasteiger partial charge is 0.0796 e. The van der Waals surface area contributed by atoms with Crippen molar-refractivity contribution in [3.05, 3.63) is 0 Å². The summed E-state index contributed by atoms with van der Waals surface area (Å²) in [7, 11) is 4.47. The van der Waals surface area contributed by atoms with Gasteiger partial charge in [0.05, 0.1) is 26.7 Å². The van der Waals surface area contributed by atoms with Crippen LogP contribution in [0.15, 0.2) is 0 Å². The van der Waals surface area contributed by atoms with Crippen LogP contribution in [0.2, 0.25) is 0 Å². The molecule has 0 radical (unpaired) electrons. The van der Waals surface area contributed by atoms with Gasteiger partial charge in [-0.2, -0.15) is 0 Å². The maximum Gasteiger partial charge on any atom is 0.0796 e. The van der Waals surface area contributed by atoms with Gasteiger partial charge >= 0.3 is 0 Å². The molecule has 1 saturated heterocycles. The zero-order valence-corrected chi connectivity index (χ0v) is 13.3. The zero-order valence-electron chi connectivity index (χ0n) is 13.3. The van der Waals surface area contributed by atoms with Crippen LogP contribution in [-0.4, -0.2) is 69.3 Å². The molecule has 0 aromatic carbocycles. The molecule has 3 heteroatoms. The quantitative estimate of drug-likeness (QED) is 0.633. The van der Waals surface area contributed by atoms with Crippen LogP contribution in [0.3, 0.4) is 0 Å². The lowest BCUT2D eigenvalue weighted by Gasteiger charge is -2.48. The van der Waals surface area contributed by atoms with E-state index in [2.05, 4.69) is 45.1 Å². The lowest BCUT2D eigenvalue weighted by Crippen LogP contribution is -2.59. The van der Waals surface area contributed by atoms with Crippen molar-refractivity contribution in [2.24, 2.45) is 5.41 Å². The van der Waals surface area contributed by atoms with Gasteiger partial charge in [-0.1, -0.05) is 13.8 Å². The molecule has 1 fully saturated rings. The number of nitrogens with one attached hydrogen (secondary N) is 1. The van der Waals surface area contributed by atoms with E-state index in [4.69, 9.17) is 0 Å². The largest absolute Gasteiger partial charge is 0.326 e. The van der Waals surface area contributed by atoms with E-state index in [1.165, 1.54) is 56.6 Å². The summed E-state index contributed by atoms with van der Waals surface area (Å²) < 4.78 is 1.25. The topological polar surface area (TPSA) is 15.3 Å². The van der Waals surface area contributed by atoms with E-state index < -0.39 is 0 Å². The molecule has 0 amide bonds. The van der Waals surface area contributed by atoms with E-state index in [0.29, 0.717) is 5.41 Å². The van der Waals surface area contributed by atoms with Crippen molar-refractivity contribution in [2.45, 2.75) is 33.6 Å². The Labute approximate surface area is 114 Å². The Morgan fingerprint density at radius 3 is 2.39 bits per heavy atom. The van der Waals surface area contributed by atoms with E-state index >= 15 is 0 Å².